The average molecular weight is 389 g/mol. The zero-order chi connectivity index (χ0) is 20.1. The van der Waals surface area contributed by atoms with E-state index in [1.807, 2.05) is 18.2 Å². The molecule has 146 valence electrons. The lowest BCUT2D eigenvalue weighted by atomic mass is 10.1. The molecule has 6 heteroatoms. The summed E-state index contributed by atoms with van der Waals surface area (Å²) in [5.41, 5.74) is 2.13. The molecule has 0 amide bonds. The van der Waals surface area contributed by atoms with Crippen LogP contribution in [0.15, 0.2) is 66.8 Å². The first-order valence-corrected chi connectivity index (χ1v) is 9.55. The van der Waals surface area contributed by atoms with Crippen molar-refractivity contribution in [3.8, 4) is 17.3 Å². The minimum absolute atomic E-state index is 0.00833. The maximum Gasteiger partial charge on any atom is 0.235 e. The number of hydrogen-bond acceptors (Lipinski definition) is 6. The average Bonchev–Trinajstić information content (AvgIpc) is 3.36. The molecule has 0 spiro atoms. The molecule has 0 radical (unpaired) electrons. The van der Waals surface area contributed by atoms with Crippen LogP contribution in [0.3, 0.4) is 0 Å². The fourth-order valence-corrected chi connectivity index (χ4v) is 3.73. The van der Waals surface area contributed by atoms with E-state index >= 15 is 0 Å². The summed E-state index contributed by atoms with van der Waals surface area (Å²) < 4.78 is 17.2. The van der Waals surface area contributed by atoms with Gasteiger partial charge in [-0.05, 0) is 44.2 Å². The Hall–Kier alpha value is -3.67. The zero-order valence-corrected chi connectivity index (χ0v) is 16.1. The normalized spacial score (nSPS) is 11.7. The number of fused-ring (bicyclic) bond motifs is 3. The van der Waals surface area contributed by atoms with Gasteiger partial charge in [0, 0.05) is 41.7 Å². The van der Waals surface area contributed by atoms with E-state index in [-0.39, 0.29) is 5.76 Å². The molecule has 3 heterocycles. The van der Waals surface area contributed by atoms with Gasteiger partial charge in [-0.1, -0.05) is 0 Å². The number of anilines is 1. The second-order valence-corrected chi connectivity index (χ2v) is 6.92. The third-order valence-electron chi connectivity index (χ3n) is 5.30. The molecule has 0 bridgehead atoms. The molecule has 0 atom stereocenters. The van der Waals surface area contributed by atoms with Gasteiger partial charge in [0.2, 0.25) is 16.9 Å². The predicted octanol–water partition coefficient (Wildman–Crippen LogP) is 5.50. The molecular formula is C23H19NO5. The van der Waals surface area contributed by atoms with Crippen LogP contribution in [-0.2, 0) is 0 Å². The lowest BCUT2D eigenvalue weighted by Crippen LogP contribution is -2.21. The standard InChI is InChI=1S/C23H19NO5/c1-3-24(4-2)15-6-5-13-10-20(28-18(13)11-15)23-22(26)21(25)16-9-14-7-8-27-17(14)12-19(16)29-23/h5-12,26H,3-4H2,1-2H3. The molecule has 5 aromatic rings. The van der Waals surface area contributed by atoms with Crippen LogP contribution < -0.4 is 10.3 Å². The van der Waals surface area contributed by atoms with Crippen molar-refractivity contribution in [3.63, 3.8) is 0 Å². The molecule has 0 unspecified atom stereocenters. The molecule has 1 N–H and O–H groups in total. The van der Waals surface area contributed by atoms with Gasteiger partial charge in [-0.25, -0.2) is 0 Å². The van der Waals surface area contributed by atoms with Crippen LogP contribution in [0.5, 0.6) is 5.75 Å². The number of rotatable bonds is 4. The zero-order valence-electron chi connectivity index (χ0n) is 16.1. The van der Waals surface area contributed by atoms with Gasteiger partial charge in [0.25, 0.3) is 0 Å². The lowest BCUT2D eigenvalue weighted by Gasteiger charge is -2.20. The Morgan fingerprint density at radius 1 is 0.897 bits per heavy atom. The maximum absolute atomic E-state index is 12.7. The van der Waals surface area contributed by atoms with Crippen LogP contribution in [0.4, 0.5) is 5.69 Å². The molecule has 0 saturated carbocycles. The van der Waals surface area contributed by atoms with Gasteiger partial charge >= 0.3 is 0 Å². The minimum atomic E-state index is -0.506. The monoisotopic (exact) mass is 389 g/mol. The Kier molecular flexibility index (Phi) is 3.87. The number of furan rings is 2. The van der Waals surface area contributed by atoms with E-state index < -0.39 is 11.2 Å². The van der Waals surface area contributed by atoms with Crippen molar-refractivity contribution >= 4 is 38.6 Å². The molecule has 0 aliphatic heterocycles. The summed E-state index contributed by atoms with van der Waals surface area (Å²) in [4.78, 5) is 14.9. The summed E-state index contributed by atoms with van der Waals surface area (Å²) in [5.74, 6) is -0.162. The first-order chi connectivity index (χ1) is 14.1. The van der Waals surface area contributed by atoms with Gasteiger partial charge in [-0.2, -0.15) is 0 Å². The molecule has 5 rings (SSSR count). The first-order valence-electron chi connectivity index (χ1n) is 9.55. The Morgan fingerprint density at radius 3 is 2.48 bits per heavy atom. The fraction of sp³-hybridized carbons (Fsp3) is 0.174. The summed E-state index contributed by atoms with van der Waals surface area (Å²) >= 11 is 0. The van der Waals surface area contributed by atoms with Crippen LogP contribution in [-0.4, -0.2) is 18.2 Å². The SMILES string of the molecule is CCN(CC)c1ccc2cc(-c3oc4cc5occc5cc4c(=O)c3O)oc2c1. The van der Waals surface area contributed by atoms with Gasteiger partial charge in [0.15, 0.2) is 5.76 Å². The highest BCUT2D eigenvalue weighted by Gasteiger charge is 2.20. The molecule has 0 aliphatic rings. The molecule has 3 aromatic heterocycles. The van der Waals surface area contributed by atoms with Crippen LogP contribution in [0, 0.1) is 0 Å². The molecule has 0 saturated heterocycles. The second kappa shape index (κ2) is 6.44. The van der Waals surface area contributed by atoms with Gasteiger partial charge in [0.05, 0.1) is 11.6 Å². The molecule has 29 heavy (non-hydrogen) atoms. The second-order valence-electron chi connectivity index (χ2n) is 6.92. The van der Waals surface area contributed by atoms with Crippen molar-refractivity contribution in [1.29, 1.82) is 0 Å². The summed E-state index contributed by atoms with van der Waals surface area (Å²) in [6, 6.07) is 12.8. The Balaban J connectivity index is 1.69. The van der Waals surface area contributed by atoms with Crippen molar-refractivity contribution < 1.29 is 18.4 Å². The van der Waals surface area contributed by atoms with E-state index in [1.165, 1.54) is 0 Å². The molecule has 0 aliphatic carbocycles. The molecule has 6 nitrogen and oxygen atoms in total. The van der Waals surface area contributed by atoms with E-state index in [0.717, 1.165) is 29.5 Å². The van der Waals surface area contributed by atoms with E-state index in [9.17, 15) is 9.90 Å². The molecule has 2 aromatic carbocycles. The maximum atomic E-state index is 12.7. The minimum Gasteiger partial charge on any atom is -0.501 e. The van der Waals surface area contributed by atoms with Gasteiger partial charge < -0.3 is 23.3 Å². The summed E-state index contributed by atoms with van der Waals surface area (Å²) in [5, 5.41) is 12.4. The van der Waals surface area contributed by atoms with Gasteiger partial charge in [-0.15, -0.1) is 0 Å². The van der Waals surface area contributed by atoms with E-state index in [2.05, 4.69) is 18.7 Å². The number of hydrogen-bond donors (Lipinski definition) is 1. The largest absolute Gasteiger partial charge is 0.501 e. The van der Waals surface area contributed by atoms with Crippen molar-refractivity contribution in [2.45, 2.75) is 13.8 Å². The third-order valence-corrected chi connectivity index (χ3v) is 5.30. The summed E-state index contributed by atoms with van der Waals surface area (Å²) in [6.45, 7) is 5.96. The summed E-state index contributed by atoms with van der Waals surface area (Å²) in [6.07, 6.45) is 1.54. The topological polar surface area (TPSA) is 80.0 Å². The van der Waals surface area contributed by atoms with Crippen LogP contribution in [0.1, 0.15) is 13.8 Å². The Bertz CT molecular complexity index is 1420. The number of benzene rings is 2. The predicted molar refractivity (Wildman–Crippen MR) is 113 cm³/mol. The smallest absolute Gasteiger partial charge is 0.235 e. The van der Waals surface area contributed by atoms with Gasteiger partial charge in [0.1, 0.15) is 16.7 Å². The van der Waals surface area contributed by atoms with Crippen molar-refractivity contribution in [1.82, 2.24) is 0 Å². The number of aromatic hydroxyl groups is 1. The Labute approximate surface area is 165 Å². The fourth-order valence-electron chi connectivity index (χ4n) is 3.73. The van der Waals surface area contributed by atoms with Crippen LogP contribution >= 0.6 is 0 Å². The van der Waals surface area contributed by atoms with E-state index in [1.54, 1.807) is 30.5 Å². The first kappa shape index (κ1) is 17.4. The van der Waals surface area contributed by atoms with E-state index in [0.29, 0.717) is 27.9 Å². The Morgan fingerprint density at radius 2 is 1.69 bits per heavy atom. The van der Waals surface area contributed by atoms with Crippen LogP contribution in [0.25, 0.3) is 44.4 Å². The van der Waals surface area contributed by atoms with E-state index in [4.69, 9.17) is 13.3 Å². The highest BCUT2D eigenvalue weighted by atomic mass is 16.4. The van der Waals surface area contributed by atoms with Crippen LogP contribution in [0.2, 0.25) is 0 Å². The van der Waals surface area contributed by atoms with Crippen molar-refractivity contribution in [3.05, 3.63) is 59.0 Å². The molecule has 0 fully saturated rings. The van der Waals surface area contributed by atoms with Crippen molar-refractivity contribution in [2.24, 2.45) is 0 Å². The number of nitrogens with zero attached hydrogens (tertiary/aromatic N) is 1. The third kappa shape index (κ3) is 2.68. The highest BCUT2D eigenvalue weighted by molar-refractivity contribution is 5.94. The molecular weight excluding hydrogens is 370 g/mol. The van der Waals surface area contributed by atoms with Gasteiger partial charge in [-0.3, -0.25) is 4.79 Å². The highest BCUT2D eigenvalue weighted by Crippen LogP contribution is 2.36. The lowest BCUT2D eigenvalue weighted by molar-refractivity contribution is 0.442. The summed E-state index contributed by atoms with van der Waals surface area (Å²) in [7, 11) is 0. The quantitative estimate of drug-likeness (QED) is 0.437. The van der Waals surface area contributed by atoms with Crippen molar-refractivity contribution in [2.75, 3.05) is 18.0 Å².